The number of rotatable bonds is 5. The molecular formula is C11H11Cl2N3OS. The Morgan fingerprint density at radius 2 is 2.00 bits per heavy atom. The minimum absolute atomic E-state index is 0.398. The van der Waals surface area contributed by atoms with Crippen molar-refractivity contribution in [2.24, 2.45) is 0 Å². The number of nitrogens with one attached hydrogen (secondary N) is 1. The van der Waals surface area contributed by atoms with Crippen LogP contribution in [0.15, 0.2) is 22.7 Å². The van der Waals surface area contributed by atoms with Crippen LogP contribution in [0.3, 0.4) is 0 Å². The lowest BCUT2D eigenvalue weighted by molar-refractivity contribution is 0.433. The quantitative estimate of drug-likeness (QED) is 0.851. The van der Waals surface area contributed by atoms with Crippen LogP contribution in [-0.4, -0.2) is 28.7 Å². The van der Waals surface area contributed by atoms with E-state index < -0.39 is 0 Å². The normalized spacial score (nSPS) is 10.6. The summed E-state index contributed by atoms with van der Waals surface area (Å²) in [6, 6.07) is 5.54. The number of thioether (sulfide) groups is 1. The van der Waals surface area contributed by atoms with Gasteiger partial charge in [0, 0.05) is 27.9 Å². The summed E-state index contributed by atoms with van der Waals surface area (Å²) in [4.78, 5) is 4.22. The molecule has 0 spiro atoms. The zero-order chi connectivity index (χ0) is 13.0. The maximum absolute atomic E-state index is 5.92. The van der Waals surface area contributed by atoms with Crippen LogP contribution in [0.5, 0.6) is 0 Å². The van der Waals surface area contributed by atoms with Gasteiger partial charge in [-0.25, -0.2) is 0 Å². The van der Waals surface area contributed by atoms with Gasteiger partial charge in [0.15, 0.2) is 0 Å². The number of hydrogen-bond acceptors (Lipinski definition) is 5. The van der Waals surface area contributed by atoms with Gasteiger partial charge in [-0.3, -0.25) is 0 Å². The fourth-order valence-corrected chi connectivity index (χ4v) is 2.19. The third-order valence-electron chi connectivity index (χ3n) is 2.13. The van der Waals surface area contributed by atoms with E-state index in [0.717, 1.165) is 17.9 Å². The summed E-state index contributed by atoms with van der Waals surface area (Å²) in [5, 5.41) is 7.99. The van der Waals surface area contributed by atoms with E-state index >= 15 is 0 Å². The fraction of sp³-hybridized carbons (Fsp3) is 0.273. The second-order valence-electron chi connectivity index (χ2n) is 3.50. The van der Waals surface area contributed by atoms with Gasteiger partial charge >= 0.3 is 6.01 Å². The molecule has 96 valence electrons. The van der Waals surface area contributed by atoms with E-state index in [1.807, 2.05) is 6.26 Å². The van der Waals surface area contributed by atoms with Gasteiger partial charge in [0.2, 0.25) is 5.82 Å². The average Bonchev–Trinajstić information content (AvgIpc) is 2.77. The second kappa shape index (κ2) is 6.31. The van der Waals surface area contributed by atoms with Crippen molar-refractivity contribution in [1.29, 1.82) is 0 Å². The predicted molar refractivity (Wildman–Crippen MR) is 76.6 cm³/mol. The molecule has 18 heavy (non-hydrogen) atoms. The molecule has 0 aliphatic heterocycles. The molecule has 1 heterocycles. The predicted octanol–water partition coefficient (Wildman–Crippen LogP) is 3.82. The monoisotopic (exact) mass is 303 g/mol. The lowest BCUT2D eigenvalue weighted by atomic mass is 10.2. The highest BCUT2D eigenvalue weighted by atomic mass is 35.5. The Kier molecular flexibility index (Phi) is 4.74. The van der Waals surface area contributed by atoms with E-state index in [4.69, 9.17) is 27.7 Å². The summed E-state index contributed by atoms with van der Waals surface area (Å²) in [7, 11) is 0. The molecule has 1 aromatic carbocycles. The minimum atomic E-state index is 0.398. The first-order valence-electron chi connectivity index (χ1n) is 5.22. The van der Waals surface area contributed by atoms with Gasteiger partial charge in [0.05, 0.1) is 0 Å². The van der Waals surface area contributed by atoms with Gasteiger partial charge in [0.1, 0.15) is 0 Å². The number of halogens is 2. The summed E-state index contributed by atoms with van der Waals surface area (Å²) < 4.78 is 5.08. The summed E-state index contributed by atoms with van der Waals surface area (Å²) in [5.74, 6) is 1.44. The lowest BCUT2D eigenvalue weighted by Gasteiger charge is -1.98. The maximum atomic E-state index is 5.92. The van der Waals surface area contributed by atoms with Crippen molar-refractivity contribution >= 4 is 41.0 Å². The van der Waals surface area contributed by atoms with Crippen LogP contribution in [0.25, 0.3) is 11.4 Å². The largest absolute Gasteiger partial charge is 0.337 e. The number of aromatic nitrogens is 2. The molecule has 0 saturated heterocycles. The van der Waals surface area contributed by atoms with Gasteiger partial charge in [-0.1, -0.05) is 28.4 Å². The van der Waals surface area contributed by atoms with Crippen molar-refractivity contribution in [1.82, 2.24) is 10.1 Å². The van der Waals surface area contributed by atoms with Crippen molar-refractivity contribution in [3.05, 3.63) is 28.2 Å². The smallest absolute Gasteiger partial charge is 0.321 e. The van der Waals surface area contributed by atoms with E-state index in [1.54, 1.807) is 30.0 Å². The highest BCUT2D eigenvalue weighted by molar-refractivity contribution is 7.98. The van der Waals surface area contributed by atoms with Crippen LogP contribution in [0.2, 0.25) is 10.0 Å². The van der Waals surface area contributed by atoms with Crippen LogP contribution in [0, 0.1) is 0 Å². The van der Waals surface area contributed by atoms with Crippen molar-refractivity contribution < 1.29 is 4.52 Å². The number of benzene rings is 1. The highest BCUT2D eigenvalue weighted by Gasteiger charge is 2.09. The Balaban J connectivity index is 2.13. The Hall–Kier alpha value is -0.910. The first kappa shape index (κ1) is 13.5. The standard InChI is InChI=1S/C11H11Cl2N3OS/c1-18-3-2-14-11-15-10(16-17-11)7-4-8(12)6-9(13)5-7/h4-6H,2-3H2,1H3,(H,14,15,16). The summed E-state index contributed by atoms with van der Waals surface area (Å²) in [6.45, 7) is 0.777. The third kappa shape index (κ3) is 3.54. The molecule has 0 radical (unpaired) electrons. The van der Waals surface area contributed by atoms with Crippen LogP contribution in [0.1, 0.15) is 0 Å². The molecule has 7 heteroatoms. The Labute approximate surface area is 119 Å². The van der Waals surface area contributed by atoms with Crippen LogP contribution in [0.4, 0.5) is 6.01 Å². The third-order valence-corrected chi connectivity index (χ3v) is 3.18. The average molecular weight is 304 g/mol. The minimum Gasteiger partial charge on any atom is -0.337 e. The summed E-state index contributed by atoms with van der Waals surface area (Å²) >= 11 is 13.6. The van der Waals surface area contributed by atoms with Gasteiger partial charge < -0.3 is 9.84 Å². The first-order valence-corrected chi connectivity index (χ1v) is 7.37. The Morgan fingerprint density at radius 1 is 1.28 bits per heavy atom. The molecule has 0 fully saturated rings. The summed E-state index contributed by atoms with van der Waals surface area (Å²) in [5.41, 5.74) is 0.731. The molecule has 1 N–H and O–H groups in total. The molecule has 0 atom stereocenters. The van der Waals surface area contributed by atoms with Crippen molar-refractivity contribution in [3.63, 3.8) is 0 Å². The molecule has 1 aromatic heterocycles. The van der Waals surface area contributed by atoms with E-state index in [-0.39, 0.29) is 0 Å². The molecule has 2 rings (SSSR count). The molecule has 0 unspecified atom stereocenters. The molecule has 4 nitrogen and oxygen atoms in total. The zero-order valence-corrected chi connectivity index (χ0v) is 11.9. The molecule has 0 amide bonds. The maximum Gasteiger partial charge on any atom is 0.321 e. The molecular weight excluding hydrogens is 293 g/mol. The molecule has 0 bridgehead atoms. The molecule has 0 aliphatic rings. The van der Waals surface area contributed by atoms with Gasteiger partial charge in [-0.2, -0.15) is 16.7 Å². The fourth-order valence-electron chi connectivity index (χ4n) is 1.36. The van der Waals surface area contributed by atoms with Crippen LogP contribution in [-0.2, 0) is 0 Å². The van der Waals surface area contributed by atoms with E-state index in [0.29, 0.717) is 21.9 Å². The van der Waals surface area contributed by atoms with E-state index in [2.05, 4.69) is 15.5 Å². The Bertz CT molecular complexity index is 513. The summed E-state index contributed by atoms with van der Waals surface area (Å²) in [6.07, 6.45) is 2.04. The second-order valence-corrected chi connectivity index (χ2v) is 5.36. The highest BCUT2D eigenvalue weighted by Crippen LogP contribution is 2.25. The molecule has 2 aromatic rings. The van der Waals surface area contributed by atoms with Crippen LogP contribution < -0.4 is 5.32 Å². The van der Waals surface area contributed by atoms with Crippen molar-refractivity contribution in [3.8, 4) is 11.4 Å². The SMILES string of the molecule is CSCCNc1nc(-c2cc(Cl)cc(Cl)c2)no1. The lowest BCUT2D eigenvalue weighted by Crippen LogP contribution is -2.03. The topological polar surface area (TPSA) is 51.0 Å². The number of anilines is 1. The van der Waals surface area contributed by atoms with Gasteiger partial charge in [0.25, 0.3) is 0 Å². The Morgan fingerprint density at radius 3 is 2.67 bits per heavy atom. The first-order chi connectivity index (χ1) is 8.69. The number of nitrogens with zero attached hydrogens (tertiary/aromatic N) is 2. The zero-order valence-electron chi connectivity index (χ0n) is 9.61. The van der Waals surface area contributed by atoms with E-state index in [1.165, 1.54) is 0 Å². The molecule has 0 saturated carbocycles. The van der Waals surface area contributed by atoms with E-state index in [9.17, 15) is 0 Å². The van der Waals surface area contributed by atoms with Crippen molar-refractivity contribution in [2.75, 3.05) is 23.9 Å². The van der Waals surface area contributed by atoms with Gasteiger partial charge in [-0.15, -0.1) is 0 Å². The van der Waals surface area contributed by atoms with Crippen molar-refractivity contribution in [2.45, 2.75) is 0 Å². The van der Waals surface area contributed by atoms with Gasteiger partial charge in [-0.05, 0) is 24.5 Å². The van der Waals surface area contributed by atoms with Crippen LogP contribution >= 0.6 is 35.0 Å². The number of hydrogen-bond donors (Lipinski definition) is 1. The molecule has 0 aliphatic carbocycles.